The molecule has 2 N–H and O–H groups in total. The van der Waals surface area contributed by atoms with E-state index in [-0.39, 0.29) is 11.9 Å². The summed E-state index contributed by atoms with van der Waals surface area (Å²) in [7, 11) is 0. The first kappa shape index (κ1) is 15.5. The van der Waals surface area contributed by atoms with Gasteiger partial charge in [0.05, 0.1) is 0 Å². The largest absolute Gasteiger partial charge is 0.354 e. The van der Waals surface area contributed by atoms with E-state index in [1.54, 1.807) is 0 Å². The number of amides is 1. The molecule has 0 saturated carbocycles. The normalized spacial score (nSPS) is 12.3. The molecule has 21 heavy (non-hydrogen) atoms. The van der Waals surface area contributed by atoms with Gasteiger partial charge in [-0.15, -0.1) is 0 Å². The van der Waals surface area contributed by atoms with Crippen molar-refractivity contribution in [2.75, 3.05) is 6.54 Å². The van der Waals surface area contributed by atoms with Crippen LogP contribution in [0.2, 0.25) is 0 Å². The molecule has 1 amide bonds. The molecule has 0 radical (unpaired) electrons. The Morgan fingerprint density at radius 2 is 1.90 bits per heavy atom. The Hall–Kier alpha value is -1.87. The fourth-order valence-electron chi connectivity index (χ4n) is 2.32. The summed E-state index contributed by atoms with van der Waals surface area (Å²) < 4.78 is 0. The van der Waals surface area contributed by atoms with E-state index in [4.69, 9.17) is 0 Å². The first-order valence-corrected chi connectivity index (χ1v) is 7.67. The molecule has 1 unspecified atom stereocenters. The van der Waals surface area contributed by atoms with Gasteiger partial charge in [0.1, 0.15) is 0 Å². The first-order valence-electron chi connectivity index (χ1n) is 7.67. The standard InChI is InChI=1S/C18H24N2O/c1-3-14(2)20-18(21)11-12-19-13-16-9-6-8-15-7-4-5-10-17(15)16/h4-10,14,19H,3,11-13H2,1-2H3,(H,20,21). The van der Waals surface area contributed by atoms with Crippen LogP contribution in [0.3, 0.4) is 0 Å². The van der Waals surface area contributed by atoms with Gasteiger partial charge in [-0.05, 0) is 29.7 Å². The van der Waals surface area contributed by atoms with E-state index in [2.05, 4.69) is 60.0 Å². The molecule has 0 aliphatic carbocycles. The highest BCUT2D eigenvalue weighted by Crippen LogP contribution is 2.18. The summed E-state index contributed by atoms with van der Waals surface area (Å²) in [5.41, 5.74) is 1.27. The van der Waals surface area contributed by atoms with Crippen LogP contribution in [-0.2, 0) is 11.3 Å². The van der Waals surface area contributed by atoms with Gasteiger partial charge >= 0.3 is 0 Å². The van der Waals surface area contributed by atoms with Gasteiger partial charge in [0.2, 0.25) is 5.91 Å². The highest BCUT2D eigenvalue weighted by molar-refractivity contribution is 5.85. The molecule has 0 saturated heterocycles. The van der Waals surface area contributed by atoms with Gasteiger partial charge in [-0.1, -0.05) is 49.4 Å². The number of hydrogen-bond donors (Lipinski definition) is 2. The van der Waals surface area contributed by atoms with Crippen molar-refractivity contribution < 1.29 is 4.79 Å². The van der Waals surface area contributed by atoms with Crippen molar-refractivity contribution in [1.29, 1.82) is 0 Å². The number of hydrogen-bond acceptors (Lipinski definition) is 2. The predicted molar refractivity (Wildman–Crippen MR) is 88.2 cm³/mol. The highest BCUT2D eigenvalue weighted by atomic mass is 16.1. The van der Waals surface area contributed by atoms with Crippen LogP contribution in [-0.4, -0.2) is 18.5 Å². The molecule has 112 valence electrons. The average molecular weight is 284 g/mol. The lowest BCUT2D eigenvalue weighted by atomic mass is 10.0. The Labute approximate surface area is 126 Å². The summed E-state index contributed by atoms with van der Waals surface area (Å²) in [5.74, 6) is 0.120. The fraction of sp³-hybridized carbons (Fsp3) is 0.389. The second kappa shape index (κ2) is 7.79. The maximum absolute atomic E-state index is 11.7. The maximum Gasteiger partial charge on any atom is 0.221 e. The molecule has 0 aliphatic heterocycles. The molecular formula is C18H24N2O. The lowest BCUT2D eigenvalue weighted by Crippen LogP contribution is -2.33. The maximum atomic E-state index is 11.7. The molecule has 0 aliphatic rings. The van der Waals surface area contributed by atoms with Gasteiger partial charge in [0.15, 0.2) is 0 Å². The number of benzene rings is 2. The lowest BCUT2D eigenvalue weighted by molar-refractivity contribution is -0.121. The van der Waals surface area contributed by atoms with Gasteiger partial charge in [0, 0.05) is 25.6 Å². The molecule has 0 bridgehead atoms. The van der Waals surface area contributed by atoms with Crippen LogP contribution in [0.25, 0.3) is 10.8 Å². The number of carbonyl (C=O) groups is 1. The molecule has 2 aromatic carbocycles. The van der Waals surface area contributed by atoms with Crippen molar-refractivity contribution in [3.63, 3.8) is 0 Å². The van der Waals surface area contributed by atoms with E-state index < -0.39 is 0 Å². The van der Waals surface area contributed by atoms with Gasteiger partial charge in [-0.25, -0.2) is 0 Å². The smallest absolute Gasteiger partial charge is 0.221 e. The average Bonchev–Trinajstić information content (AvgIpc) is 2.51. The summed E-state index contributed by atoms with van der Waals surface area (Å²) in [4.78, 5) is 11.7. The summed E-state index contributed by atoms with van der Waals surface area (Å²) in [6.45, 7) is 5.59. The lowest BCUT2D eigenvalue weighted by Gasteiger charge is -2.12. The number of rotatable bonds is 7. The third-order valence-corrected chi connectivity index (χ3v) is 3.74. The first-order chi connectivity index (χ1) is 10.2. The Morgan fingerprint density at radius 1 is 1.14 bits per heavy atom. The fourth-order valence-corrected chi connectivity index (χ4v) is 2.32. The van der Waals surface area contributed by atoms with Crippen LogP contribution in [0, 0.1) is 0 Å². The molecule has 0 spiro atoms. The molecule has 3 heteroatoms. The molecule has 0 fully saturated rings. The molecule has 0 aromatic heterocycles. The third-order valence-electron chi connectivity index (χ3n) is 3.74. The Kier molecular flexibility index (Phi) is 5.76. The minimum absolute atomic E-state index is 0.120. The van der Waals surface area contributed by atoms with Gasteiger partial charge in [-0.3, -0.25) is 4.79 Å². The van der Waals surface area contributed by atoms with E-state index in [1.807, 2.05) is 6.92 Å². The predicted octanol–water partition coefficient (Wildman–Crippen LogP) is 3.23. The van der Waals surface area contributed by atoms with Gasteiger partial charge in [-0.2, -0.15) is 0 Å². The summed E-state index contributed by atoms with van der Waals surface area (Å²) in [6, 6.07) is 15.0. The van der Waals surface area contributed by atoms with E-state index in [9.17, 15) is 4.79 Å². The van der Waals surface area contributed by atoms with Crippen LogP contribution in [0.15, 0.2) is 42.5 Å². The van der Waals surface area contributed by atoms with Crippen LogP contribution >= 0.6 is 0 Å². The summed E-state index contributed by atoms with van der Waals surface area (Å²) in [5, 5.41) is 8.86. The van der Waals surface area contributed by atoms with Crippen LogP contribution in [0.5, 0.6) is 0 Å². The van der Waals surface area contributed by atoms with Crippen molar-refractivity contribution >= 4 is 16.7 Å². The van der Waals surface area contributed by atoms with Crippen molar-refractivity contribution in [3.05, 3.63) is 48.0 Å². The summed E-state index contributed by atoms with van der Waals surface area (Å²) >= 11 is 0. The number of carbonyl (C=O) groups excluding carboxylic acids is 1. The van der Waals surface area contributed by atoms with Crippen molar-refractivity contribution in [1.82, 2.24) is 10.6 Å². The zero-order valence-corrected chi connectivity index (χ0v) is 12.9. The SMILES string of the molecule is CCC(C)NC(=O)CCNCc1cccc2ccccc12. The number of fused-ring (bicyclic) bond motifs is 1. The topological polar surface area (TPSA) is 41.1 Å². The highest BCUT2D eigenvalue weighted by Gasteiger charge is 2.05. The van der Waals surface area contributed by atoms with E-state index in [0.29, 0.717) is 13.0 Å². The molecular weight excluding hydrogens is 260 g/mol. The molecule has 1 atom stereocenters. The number of nitrogens with one attached hydrogen (secondary N) is 2. The quantitative estimate of drug-likeness (QED) is 0.766. The molecule has 3 nitrogen and oxygen atoms in total. The second-order valence-electron chi connectivity index (χ2n) is 5.44. The monoisotopic (exact) mass is 284 g/mol. The van der Waals surface area contributed by atoms with E-state index >= 15 is 0 Å². The molecule has 0 heterocycles. The Balaban J connectivity index is 1.82. The Bertz CT molecular complexity index is 589. The zero-order valence-electron chi connectivity index (χ0n) is 12.9. The zero-order chi connectivity index (χ0) is 15.1. The molecule has 2 rings (SSSR count). The van der Waals surface area contributed by atoms with Crippen molar-refractivity contribution in [3.8, 4) is 0 Å². The Morgan fingerprint density at radius 3 is 2.71 bits per heavy atom. The minimum Gasteiger partial charge on any atom is -0.354 e. The third kappa shape index (κ3) is 4.57. The van der Waals surface area contributed by atoms with Gasteiger partial charge < -0.3 is 10.6 Å². The van der Waals surface area contributed by atoms with Crippen molar-refractivity contribution in [2.45, 2.75) is 39.3 Å². The van der Waals surface area contributed by atoms with Crippen LogP contribution in [0.4, 0.5) is 0 Å². The summed E-state index contributed by atoms with van der Waals surface area (Å²) in [6.07, 6.45) is 1.49. The van der Waals surface area contributed by atoms with Crippen LogP contribution < -0.4 is 10.6 Å². The second-order valence-corrected chi connectivity index (χ2v) is 5.44. The molecule has 2 aromatic rings. The minimum atomic E-state index is 0.120. The van der Waals surface area contributed by atoms with Crippen molar-refractivity contribution in [2.24, 2.45) is 0 Å². The van der Waals surface area contributed by atoms with E-state index in [0.717, 1.165) is 13.0 Å². The van der Waals surface area contributed by atoms with Crippen LogP contribution in [0.1, 0.15) is 32.3 Å². The van der Waals surface area contributed by atoms with Gasteiger partial charge in [0.25, 0.3) is 0 Å². The van der Waals surface area contributed by atoms with E-state index in [1.165, 1.54) is 16.3 Å².